The Morgan fingerprint density at radius 3 is 2.59 bits per heavy atom. The molecule has 0 unspecified atom stereocenters. The molecule has 0 N–H and O–H groups in total. The van der Waals surface area contributed by atoms with Crippen LogP contribution in [0.1, 0.15) is 30.0 Å². The number of esters is 1. The van der Waals surface area contributed by atoms with E-state index in [1.165, 1.54) is 22.7 Å². The molecule has 0 aromatic heterocycles. The number of fused-ring (bicyclic) bond motifs is 1. The van der Waals surface area contributed by atoms with Crippen molar-refractivity contribution in [2.45, 2.75) is 31.4 Å². The lowest BCUT2D eigenvalue weighted by Gasteiger charge is -2.39. The van der Waals surface area contributed by atoms with Crippen molar-refractivity contribution in [1.29, 1.82) is 0 Å². The molecular formula is C15H20N2O4S. The van der Waals surface area contributed by atoms with E-state index < -0.39 is 22.4 Å². The number of hydrogen-bond donors (Lipinski definition) is 0. The van der Waals surface area contributed by atoms with Gasteiger partial charge in [-0.1, -0.05) is 24.3 Å². The van der Waals surface area contributed by atoms with Gasteiger partial charge in [-0.3, -0.25) is 4.79 Å². The molecule has 7 heteroatoms. The third-order valence-corrected chi connectivity index (χ3v) is 6.24. The summed E-state index contributed by atoms with van der Waals surface area (Å²) in [5.41, 5.74) is 2.07. The van der Waals surface area contributed by atoms with Crippen LogP contribution >= 0.6 is 0 Å². The van der Waals surface area contributed by atoms with Crippen LogP contribution in [-0.2, 0) is 26.2 Å². The van der Waals surface area contributed by atoms with E-state index in [-0.39, 0.29) is 5.97 Å². The van der Waals surface area contributed by atoms with Gasteiger partial charge in [-0.15, -0.1) is 0 Å². The summed E-state index contributed by atoms with van der Waals surface area (Å²) in [7, 11) is -0.529. The van der Waals surface area contributed by atoms with Gasteiger partial charge in [-0.2, -0.15) is 17.0 Å². The lowest BCUT2D eigenvalue weighted by Crippen LogP contribution is -2.49. The maximum Gasteiger partial charge on any atom is 0.306 e. The molecule has 0 saturated carbocycles. The fourth-order valence-corrected chi connectivity index (χ4v) is 4.48. The monoisotopic (exact) mass is 324 g/mol. The molecule has 2 heterocycles. The first-order valence-electron chi connectivity index (χ1n) is 7.38. The fraction of sp³-hybridized carbons (Fsp3) is 0.533. The zero-order chi connectivity index (χ0) is 15.9. The van der Waals surface area contributed by atoms with E-state index in [0.29, 0.717) is 25.8 Å². The van der Waals surface area contributed by atoms with Crippen LogP contribution in [0.25, 0.3) is 0 Å². The first-order valence-corrected chi connectivity index (χ1v) is 8.77. The summed E-state index contributed by atoms with van der Waals surface area (Å²) in [5.74, 6) is -0.254. The van der Waals surface area contributed by atoms with Gasteiger partial charge in [-0.25, -0.2) is 0 Å². The molecule has 22 heavy (non-hydrogen) atoms. The molecule has 120 valence electrons. The van der Waals surface area contributed by atoms with E-state index in [2.05, 4.69) is 0 Å². The fourth-order valence-electron chi connectivity index (χ4n) is 3.20. The van der Waals surface area contributed by atoms with Crippen LogP contribution in [0, 0.1) is 0 Å². The molecule has 3 rings (SSSR count). The Hall–Kier alpha value is -1.44. The van der Waals surface area contributed by atoms with Crippen molar-refractivity contribution in [3.8, 4) is 0 Å². The van der Waals surface area contributed by atoms with Gasteiger partial charge in [0.1, 0.15) is 6.10 Å². The van der Waals surface area contributed by atoms with Crippen molar-refractivity contribution in [1.82, 2.24) is 8.61 Å². The van der Waals surface area contributed by atoms with Crippen molar-refractivity contribution in [2.24, 2.45) is 0 Å². The molecule has 2 aliphatic heterocycles. The molecule has 0 spiro atoms. The third kappa shape index (κ3) is 2.53. The zero-order valence-corrected chi connectivity index (χ0v) is 13.5. The Labute approximate surface area is 130 Å². The van der Waals surface area contributed by atoms with Crippen molar-refractivity contribution in [3.05, 3.63) is 35.4 Å². The summed E-state index contributed by atoms with van der Waals surface area (Å²) < 4.78 is 33.4. The van der Waals surface area contributed by atoms with Gasteiger partial charge in [0.25, 0.3) is 10.2 Å². The van der Waals surface area contributed by atoms with Crippen LogP contribution in [0.2, 0.25) is 0 Å². The number of benzene rings is 1. The second-order valence-electron chi connectivity index (χ2n) is 5.86. The maximum absolute atomic E-state index is 12.7. The number of rotatable bonds is 3. The number of nitrogens with zero attached hydrogens (tertiary/aromatic N) is 2. The molecule has 0 amide bonds. The molecule has 0 bridgehead atoms. The summed E-state index contributed by atoms with van der Waals surface area (Å²) >= 11 is 0. The minimum Gasteiger partial charge on any atom is -0.460 e. The van der Waals surface area contributed by atoms with Gasteiger partial charge in [0.2, 0.25) is 0 Å². The van der Waals surface area contributed by atoms with E-state index in [0.717, 1.165) is 11.1 Å². The Morgan fingerprint density at radius 1 is 1.23 bits per heavy atom. The summed E-state index contributed by atoms with van der Waals surface area (Å²) in [6, 6.07) is 7.35. The number of cyclic esters (lactones) is 1. The maximum atomic E-state index is 12.7. The second-order valence-corrected chi connectivity index (χ2v) is 7.96. The SMILES string of the molecule is CN(C)S(=O)(=O)N1CCc2ccccc2[C@H]1[C@@H]1CCC(=O)O1. The number of carbonyl (C=O) groups excluding carboxylic acids is 1. The highest BCUT2D eigenvalue weighted by Crippen LogP contribution is 2.39. The van der Waals surface area contributed by atoms with Crippen molar-refractivity contribution in [3.63, 3.8) is 0 Å². The highest BCUT2D eigenvalue weighted by Gasteiger charge is 2.44. The van der Waals surface area contributed by atoms with Crippen LogP contribution in [0.5, 0.6) is 0 Å². The summed E-state index contributed by atoms with van der Waals surface area (Å²) in [5, 5.41) is 0. The Morgan fingerprint density at radius 2 is 1.95 bits per heavy atom. The zero-order valence-electron chi connectivity index (χ0n) is 12.7. The van der Waals surface area contributed by atoms with Crippen LogP contribution in [-0.4, -0.2) is 49.7 Å². The summed E-state index contributed by atoms with van der Waals surface area (Å²) in [4.78, 5) is 11.5. The lowest BCUT2D eigenvalue weighted by atomic mass is 9.90. The van der Waals surface area contributed by atoms with Crippen molar-refractivity contribution < 1.29 is 17.9 Å². The molecule has 6 nitrogen and oxygen atoms in total. The van der Waals surface area contributed by atoms with Gasteiger partial charge in [0.05, 0.1) is 6.04 Å². The Kier molecular flexibility index (Phi) is 3.96. The average molecular weight is 324 g/mol. The molecule has 1 aromatic rings. The van der Waals surface area contributed by atoms with Crippen LogP contribution in [0.3, 0.4) is 0 Å². The Balaban J connectivity index is 2.06. The molecule has 0 aliphatic carbocycles. The smallest absolute Gasteiger partial charge is 0.306 e. The van der Waals surface area contributed by atoms with Gasteiger partial charge >= 0.3 is 5.97 Å². The molecular weight excluding hydrogens is 304 g/mol. The summed E-state index contributed by atoms with van der Waals surface area (Å²) in [6.07, 6.45) is 1.15. The minimum atomic E-state index is -3.57. The number of hydrogen-bond acceptors (Lipinski definition) is 4. The normalized spacial score (nSPS) is 26.0. The highest BCUT2D eigenvalue weighted by molar-refractivity contribution is 7.86. The quantitative estimate of drug-likeness (QED) is 0.781. The molecule has 1 fully saturated rings. The van der Waals surface area contributed by atoms with E-state index in [1.54, 1.807) is 0 Å². The van der Waals surface area contributed by atoms with Crippen molar-refractivity contribution in [2.75, 3.05) is 20.6 Å². The average Bonchev–Trinajstić information content (AvgIpc) is 2.92. The molecule has 0 radical (unpaired) electrons. The van der Waals surface area contributed by atoms with Gasteiger partial charge in [0.15, 0.2) is 0 Å². The lowest BCUT2D eigenvalue weighted by molar-refractivity contribution is -0.143. The van der Waals surface area contributed by atoms with E-state index in [4.69, 9.17) is 4.74 Å². The first kappa shape index (κ1) is 15.5. The Bertz CT molecular complexity index is 687. The predicted molar refractivity (Wildman–Crippen MR) is 81.3 cm³/mol. The highest BCUT2D eigenvalue weighted by atomic mass is 32.2. The molecule has 2 atom stereocenters. The molecule has 1 aromatic carbocycles. The van der Waals surface area contributed by atoms with Crippen molar-refractivity contribution >= 4 is 16.2 Å². The second kappa shape index (κ2) is 5.64. The van der Waals surface area contributed by atoms with Crippen LogP contribution in [0.15, 0.2) is 24.3 Å². The molecule has 1 saturated heterocycles. The predicted octanol–water partition coefficient (Wildman–Crippen LogP) is 1.10. The third-order valence-electron chi connectivity index (χ3n) is 4.31. The molecule has 2 aliphatic rings. The first-order chi connectivity index (χ1) is 10.4. The number of carbonyl (C=O) groups is 1. The van der Waals surface area contributed by atoms with Crippen LogP contribution in [0.4, 0.5) is 0 Å². The van der Waals surface area contributed by atoms with Gasteiger partial charge in [0, 0.05) is 27.1 Å². The van der Waals surface area contributed by atoms with E-state index >= 15 is 0 Å². The minimum absolute atomic E-state index is 0.254. The standard InChI is InChI=1S/C15H20N2O4S/c1-16(2)22(19,20)17-10-9-11-5-3-4-6-12(11)15(17)13-7-8-14(18)21-13/h3-6,13,15H,7-10H2,1-2H3/t13-,15-/m0/s1. The van der Waals surface area contributed by atoms with Gasteiger partial charge in [-0.05, 0) is 24.0 Å². The number of ether oxygens (including phenoxy) is 1. The van der Waals surface area contributed by atoms with Crippen LogP contribution < -0.4 is 0 Å². The van der Waals surface area contributed by atoms with E-state index in [1.807, 2.05) is 24.3 Å². The largest absolute Gasteiger partial charge is 0.460 e. The topological polar surface area (TPSA) is 66.9 Å². The van der Waals surface area contributed by atoms with Gasteiger partial charge < -0.3 is 4.74 Å². The summed E-state index contributed by atoms with van der Waals surface area (Å²) in [6.45, 7) is 0.399. The van der Waals surface area contributed by atoms with E-state index in [9.17, 15) is 13.2 Å².